The van der Waals surface area contributed by atoms with Gasteiger partial charge in [-0.3, -0.25) is 4.90 Å². The topological polar surface area (TPSA) is 88.7 Å². The lowest BCUT2D eigenvalue weighted by molar-refractivity contribution is -0.0279. The van der Waals surface area contributed by atoms with Gasteiger partial charge in [0, 0.05) is 19.6 Å². The molecule has 0 amide bonds. The fourth-order valence-corrected chi connectivity index (χ4v) is 2.28. The summed E-state index contributed by atoms with van der Waals surface area (Å²) < 4.78 is 5.21. The highest BCUT2D eigenvalue weighted by Crippen LogP contribution is 2.16. The number of morpholine rings is 1. The standard InChI is InChI=1S/C9H13N3O3S/c10-7-4-12(1-2-15-7)3-6-8(9(13)14)16-5-11-6/h5,7H,1-4,10H2,(H,13,14). The van der Waals surface area contributed by atoms with Gasteiger partial charge in [-0.05, 0) is 0 Å². The van der Waals surface area contributed by atoms with Crippen LogP contribution in [0.25, 0.3) is 0 Å². The fourth-order valence-electron chi connectivity index (χ4n) is 1.64. The molecule has 1 aliphatic heterocycles. The third-order valence-electron chi connectivity index (χ3n) is 2.39. The predicted octanol–water partition coefficient (Wildman–Crippen LogP) is -0.0417. The average Bonchev–Trinajstić information content (AvgIpc) is 2.66. The third-order valence-corrected chi connectivity index (χ3v) is 3.24. The highest BCUT2D eigenvalue weighted by atomic mass is 32.1. The molecule has 1 fully saturated rings. The Balaban J connectivity index is 2.02. The van der Waals surface area contributed by atoms with E-state index in [4.69, 9.17) is 15.6 Å². The molecule has 6 nitrogen and oxygen atoms in total. The number of carboxylic acids is 1. The Morgan fingerprint density at radius 2 is 2.62 bits per heavy atom. The van der Waals surface area contributed by atoms with Crippen molar-refractivity contribution in [2.45, 2.75) is 12.8 Å². The molecule has 1 aromatic heterocycles. The number of hydrogen-bond donors (Lipinski definition) is 2. The maximum absolute atomic E-state index is 10.9. The first-order valence-electron chi connectivity index (χ1n) is 4.92. The summed E-state index contributed by atoms with van der Waals surface area (Å²) in [6, 6.07) is 0. The molecule has 1 aliphatic rings. The highest BCUT2D eigenvalue weighted by molar-refractivity contribution is 7.11. The first-order chi connectivity index (χ1) is 7.66. The van der Waals surface area contributed by atoms with Crippen molar-refractivity contribution in [2.24, 2.45) is 5.73 Å². The van der Waals surface area contributed by atoms with E-state index in [1.165, 1.54) is 0 Å². The lowest BCUT2D eigenvalue weighted by atomic mass is 10.3. The van der Waals surface area contributed by atoms with E-state index in [2.05, 4.69) is 9.88 Å². The predicted molar refractivity (Wildman–Crippen MR) is 58.3 cm³/mol. The lowest BCUT2D eigenvalue weighted by Gasteiger charge is -2.30. The molecule has 88 valence electrons. The molecule has 0 saturated carbocycles. The van der Waals surface area contributed by atoms with Gasteiger partial charge in [0.15, 0.2) is 0 Å². The van der Waals surface area contributed by atoms with Gasteiger partial charge >= 0.3 is 5.97 Å². The minimum absolute atomic E-state index is 0.291. The Morgan fingerprint density at radius 3 is 3.31 bits per heavy atom. The van der Waals surface area contributed by atoms with Gasteiger partial charge in [0.25, 0.3) is 0 Å². The van der Waals surface area contributed by atoms with Crippen LogP contribution in [-0.4, -0.2) is 46.9 Å². The number of carbonyl (C=O) groups is 1. The van der Waals surface area contributed by atoms with Crippen LogP contribution < -0.4 is 5.73 Å². The van der Waals surface area contributed by atoms with E-state index in [0.717, 1.165) is 17.9 Å². The molecule has 1 atom stereocenters. The van der Waals surface area contributed by atoms with Crippen molar-refractivity contribution in [1.29, 1.82) is 0 Å². The second-order valence-corrected chi connectivity index (χ2v) is 4.43. The van der Waals surface area contributed by atoms with E-state index < -0.39 is 5.97 Å². The molecule has 0 aliphatic carbocycles. The highest BCUT2D eigenvalue weighted by Gasteiger charge is 2.21. The van der Waals surface area contributed by atoms with Crippen molar-refractivity contribution >= 4 is 17.3 Å². The number of carboxylic acid groups (broad SMARTS) is 1. The van der Waals surface area contributed by atoms with Crippen LogP contribution in [0, 0.1) is 0 Å². The molecule has 16 heavy (non-hydrogen) atoms. The number of aromatic carboxylic acids is 1. The zero-order chi connectivity index (χ0) is 11.5. The number of aromatic nitrogens is 1. The number of thiazole rings is 1. The molecule has 1 saturated heterocycles. The normalized spacial score (nSPS) is 22.2. The van der Waals surface area contributed by atoms with Crippen LogP contribution in [0.4, 0.5) is 0 Å². The summed E-state index contributed by atoms with van der Waals surface area (Å²) in [5, 5.41) is 8.94. The van der Waals surface area contributed by atoms with E-state index in [1.807, 2.05) is 0 Å². The van der Waals surface area contributed by atoms with Gasteiger partial charge in [0.05, 0.1) is 17.8 Å². The molecule has 0 aromatic carbocycles. The van der Waals surface area contributed by atoms with Crippen LogP contribution >= 0.6 is 11.3 Å². The Bertz CT molecular complexity index is 382. The second-order valence-electron chi connectivity index (χ2n) is 3.58. The van der Waals surface area contributed by atoms with E-state index in [0.29, 0.717) is 30.3 Å². The summed E-state index contributed by atoms with van der Waals surface area (Å²) in [6.45, 7) is 2.46. The Hall–Kier alpha value is -1.02. The van der Waals surface area contributed by atoms with Crippen LogP contribution in [-0.2, 0) is 11.3 Å². The van der Waals surface area contributed by atoms with Crippen molar-refractivity contribution < 1.29 is 14.6 Å². The number of nitrogens with zero attached hydrogens (tertiary/aromatic N) is 2. The molecular weight excluding hydrogens is 230 g/mol. The number of hydrogen-bond acceptors (Lipinski definition) is 6. The number of ether oxygens (including phenoxy) is 1. The molecule has 3 N–H and O–H groups in total. The summed E-state index contributed by atoms with van der Waals surface area (Å²) in [5.41, 5.74) is 7.81. The maximum atomic E-state index is 10.9. The van der Waals surface area contributed by atoms with Crippen molar-refractivity contribution in [3.05, 3.63) is 16.1 Å². The van der Waals surface area contributed by atoms with E-state index in [-0.39, 0.29) is 6.23 Å². The Kier molecular flexibility index (Phi) is 3.49. The SMILES string of the molecule is NC1CN(Cc2ncsc2C(=O)O)CCO1. The molecule has 1 unspecified atom stereocenters. The molecule has 7 heteroatoms. The quantitative estimate of drug-likeness (QED) is 0.774. The average molecular weight is 243 g/mol. The molecule has 1 aromatic rings. The molecule has 2 heterocycles. The first-order valence-corrected chi connectivity index (χ1v) is 5.80. The monoisotopic (exact) mass is 243 g/mol. The number of nitrogens with two attached hydrogens (primary N) is 1. The van der Waals surface area contributed by atoms with E-state index >= 15 is 0 Å². The second kappa shape index (κ2) is 4.88. The Morgan fingerprint density at radius 1 is 1.81 bits per heavy atom. The summed E-state index contributed by atoms with van der Waals surface area (Å²) in [4.78, 5) is 17.3. The van der Waals surface area contributed by atoms with Crippen LogP contribution in [0.1, 0.15) is 15.4 Å². The molecule has 2 rings (SSSR count). The van der Waals surface area contributed by atoms with Gasteiger partial charge in [0.2, 0.25) is 0 Å². The zero-order valence-electron chi connectivity index (χ0n) is 8.63. The largest absolute Gasteiger partial charge is 0.477 e. The van der Waals surface area contributed by atoms with Gasteiger partial charge in [-0.2, -0.15) is 0 Å². The summed E-state index contributed by atoms with van der Waals surface area (Å²) in [7, 11) is 0. The molecule has 0 spiro atoms. The van der Waals surface area contributed by atoms with Crippen molar-refractivity contribution in [1.82, 2.24) is 9.88 Å². The molecule has 0 bridgehead atoms. The first kappa shape index (κ1) is 11.5. The maximum Gasteiger partial charge on any atom is 0.347 e. The van der Waals surface area contributed by atoms with Gasteiger partial charge in [-0.25, -0.2) is 9.78 Å². The van der Waals surface area contributed by atoms with Crippen molar-refractivity contribution in [3.63, 3.8) is 0 Å². The van der Waals surface area contributed by atoms with Crippen LogP contribution in [0.5, 0.6) is 0 Å². The zero-order valence-corrected chi connectivity index (χ0v) is 9.44. The molecule has 0 radical (unpaired) electrons. The van der Waals surface area contributed by atoms with E-state index in [9.17, 15) is 4.79 Å². The van der Waals surface area contributed by atoms with Gasteiger partial charge in [-0.15, -0.1) is 11.3 Å². The lowest BCUT2D eigenvalue weighted by Crippen LogP contribution is -2.46. The Labute approximate surface area is 96.6 Å². The van der Waals surface area contributed by atoms with Gasteiger partial charge < -0.3 is 15.6 Å². The van der Waals surface area contributed by atoms with Crippen molar-refractivity contribution in [2.75, 3.05) is 19.7 Å². The fraction of sp³-hybridized carbons (Fsp3) is 0.556. The minimum atomic E-state index is -0.921. The molecular formula is C9H13N3O3S. The van der Waals surface area contributed by atoms with E-state index in [1.54, 1.807) is 5.51 Å². The van der Waals surface area contributed by atoms with Crippen LogP contribution in [0.3, 0.4) is 0 Å². The van der Waals surface area contributed by atoms with Gasteiger partial charge in [0.1, 0.15) is 11.1 Å². The third kappa shape index (κ3) is 2.56. The summed E-state index contributed by atoms with van der Waals surface area (Å²) in [5.74, 6) is -0.921. The van der Waals surface area contributed by atoms with Crippen molar-refractivity contribution in [3.8, 4) is 0 Å². The van der Waals surface area contributed by atoms with Gasteiger partial charge in [-0.1, -0.05) is 0 Å². The minimum Gasteiger partial charge on any atom is -0.477 e. The van der Waals surface area contributed by atoms with Crippen LogP contribution in [0.2, 0.25) is 0 Å². The number of rotatable bonds is 3. The summed E-state index contributed by atoms with van der Waals surface area (Å²) >= 11 is 1.15. The van der Waals surface area contributed by atoms with Crippen LogP contribution in [0.15, 0.2) is 5.51 Å². The summed E-state index contributed by atoms with van der Waals surface area (Å²) in [6.07, 6.45) is -0.291. The smallest absolute Gasteiger partial charge is 0.347 e.